The van der Waals surface area contributed by atoms with Gasteiger partial charge in [-0.3, -0.25) is 4.79 Å². The van der Waals surface area contributed by atoms with Gasteiger partial charge in [-0.15, -0.1) is 0 Å². The van der Waals surface area contributed by atoms with Crippen LogP contribution in [0.25, 0.3) is 0 Å². The fraction of sp³-hybridized carbons (Fsp3) is 0.900. The average molecular weight is 218 g/mol. The maximum Gasteiger partial charge on any atom is 0.237 e. The SMILES string of the molecule is COC(CNC(=O)[C@@H](N)C(C)(C)C)OC. The molecular weight excluding hydrogens is 196 g/mol. The van der Waals surface area contributed by atoms with Crippen molar-refractivity contribution in [1.29, 1.82) is 0 Å². The summed E-state index contributed by atoms with van der Waals surface area (Å²) in [5.41, 5.74) is 5.52. The second-order valence-electron chi connectivity index (χ2n) is 4.49. The number of nitrogens with two attached hydrogens (primary N) is 1. The van der Waals surface area contributed by atoms with Gasteiger partial charge in [0.05, 0.1) is 12.6 Å². The average Bonchev–Trinajstić information content (AvgIpc) is 2.16. The fourth-order valence-corrected chi connectivity index (χ4v) is 0.950. The number of rotatable bonds is 5. The molecule has 90 valence electrons. The number of carbonyl (C=O) groups excluding carboxylic acids is 1. The lowest BCUT2D eigenvalue weighted by Gasteiger charge is -2.26. The Kier molecular flexibility index (Phi) is 5.79. The Balaban J connectivity index is 4.04. The van der Waals surface area contributed by atoms with Crippen molar-refractivity contribution < 1.29 is 14.3 Å². The monoisotopic (exact) mass is 218 g/mol. The third kappa shape index (κ3) is 5.11. The van der Waals surface area contributed by atoms with Crippen molar-refractivity contribution in [3.8, 4) is 0 Å². The van der Waals surface area contributed by atoms with E-state index in [0.717, 1.165) is 0 Å². The zero-order valence-electron chi connectivity index (χ0n) is 10.2. The Labute approximate surface area is 91.3 Å². The zero-order valence-corrected chi connectivity index (χ0v) is 10.2. The van der Waals surface area contributed by atoms with E-state index in [4.69, 9.17) is 15.2 Å². The smallest absolute Gasteiger partial charge is 0.237 e. The van der Waals surface area contributed by atoms with Crippen LogP contribution in [0, 0.1) is 5.41 Å². The van der Waals surface area contributed by atoms with Crippen LogP contribution in [0.15, 0.2) is 0 Å². The highest BCUT2D eigenvalue weighted by Gasteiger charge is 2.27. The Hall–Kier alpha value is -0.650. The summed E-state index contributed by atoms with van der Waals surface area (Å²) in [6, 6.07) is -0.535. The number of hydrogen-bond donors (Lipinski definition) is 2. The molecule has 0 fully saturated rings. The Morgan fingerprint density at radius 2 is 1.80 bits per heavy atom. The van der Waals surface area contributed by atoms with Gasteiger partial charge < -0.3 is 20.5 Å². The normalized spacial score (nSPS) is 14.1. The second-order valence-corrected chi connectivity index (χ2v) is 4.49. The van der Waals surface area contributed by atoms with Crippen molar-refractivity contribution in [3.05, 3.63) is 0 Å². The number of carbonyl (C=O) groups is 1. The molecule has 0 aliphatic rings. The van der Waals surface area contributed by atoms with Crippen LogP contribution in [0.2, 0.25) is 0 Å². The third-order valence-electron chi connectivity index (χ3n) is 2.18. The van der Waals surface area contributed by atoms with Crippen LogP contribution in [-0.4, -0.2) is 39.0 Å². The maximum atomic E-state index is 11.6. The topological polar surface area (TPSA) is 73.6 Å². The minimum atomic E-state index is -0.535. The number of hydrogen-bond acceptors (Lipinski definition) is 4. The van der Waals surface area contributed by atoms with Crippen LogP contribution in [0.3, 0.4) is 0 Å². The van der Waals surface area contributed by atoms with Gasteiger partial charge in [0.15, 0.2) is 6.29 Å². The lowest BCUT2D eigenvalue weighted by atomic mass is 9.87. The van der Waals surface area contributed by atoms with Gasteiger partial charge in [0, 0.05) is 14.2 Å². The molecule has 5 heteroatoms. The van der Waals surface area contributed by atoms with Crippen LogP contribution < -0.4 is 11.1 Å². The summed E-state index contributed by atoms with van der Waals surface area (Å²) >= 11 is 0. The van der Waals surface area contributed by atoms with E-state index in [0.29, 0.717) is 6.54 Å². The Bertz CT molecular complexity index is 197. The highest BCUT2D eigenvalue weighted by Crippen LogP contribution is 2.17. The fourth-order valence-electron chi connectivity index (χ4n) is 0.950. The largest absolute Gasteiger partial charge is 0.354 e. The van der Waals surface area contributed by atoms with Gasteiger partial charge in [0.2, 0.25) is 5.91 Å². The van der Waals surface area contributed by atoms with Crippen molar-refractivity contribution in [3.63, 3.8) is 0 Å². The van der Waals surface area contributed by atoms with Crippen molar-refractivity contribution in [1.82, 2.24) is 5.32 Å². The van der Waals surface area contributed by atoms with Crippen LogP contribution in [-0.2, 0) is 14.3 Å². The second kappa shape index (κ2) is 6.05. The van der Waals surface area contributed by atoms with Gasteiger partial charge in [-0.05, 0) is 5.41 Å². The van der Waals surface area contributed by atoms with E-state index in [-0.39, 0.29) is 11.3 Å². The quantitative estimate of drug-likeness (QED) is 0.642. The predicted octanol–water partition coefficient (Wildman–Crippen LogP) is 0.0949. The molecule has 0 radical (unpaired) electrons. The summed E-state index contributed by atoms with van der Waals surface area (Å²) in [6.07, 6.45) is -0.430. The maximum absolute atomic E-state index is 11.6. The molecule has 0 saturated carbocycles. The minimum absolute atomic E-state index is 0.193. The molecular formula is C10H22N2O3. The summed E-state index contributed by atoms with van der Waals surface area (Å²) in [5, 5.41) is 2.68. The van der Waals surface area contributed by atoms with Crippen LogP contribution in [0.1, 0.15) is 20.8 Å². The molecule has 0 aliphatic carbocycles. The van der Waals surface area contributed by atoms with Gasteiger partial charge in [0.25, 0.3) is 0 Å². The number of ether oxygens (including phenoxy) is 2. The molecule has 15 heavy (non-hydrogen) atoms. The standard InChI is InChI=1S/C10H22N2O3/c1-10(2,3)8(11)9(13)12-6-7(14-4)15-5/h7-8H,6,11H2,1-5H3,(H,12,13)/t8-/m1/s1. The molecule has 5 nitrogen and oxygen atoms in total. The van der Waals surface area contributed by atoms with E-state index in [1.54, 1.807) is 0 Å². The lowest BCUT2D eigenvalue weighted by Crippen LogP contribution is -2.50. The number of methoxy groups -OCH3 is 2. The van der Waals surface area contributed by atoms with Crippen molar-refractivity contribution in [2.45, 2.75) is 33.1 Å². The van der Waals surface area contributed by atoms with Gasteiger partial charge >= 0.3 is 0 Å². The molecule has 0 aliphatic heterocycles. The number of nitrogens with one attached hydrogen (secondary N) is 1. The van der Waals surface area contributed by atoms with Crippen molar-refractivity contribution in [2.75, 3.05) is 20.8 Å². The predicted molar refractivity (Wildman–Crippen MR) is 58.2 cm³/mol. The molecule has 0 spiro atoms. The highest BCUT2D eigenvalue weighted by molar-refractivity contribution is 5.82. The van der Waals surface area contributed by atoms with Crippen molar-refractivity contribution >= 4 is 5.91 Å². The molecule has 0 aromatic carbocycles. The minimum Gasteiger partial charge on any atom is -0.354 e. The van der Waals surface area contributed by atoms with Gasteiger partial charge in [0.1, 0.15) is 0 Å². The molecule has 0 aromatic rings. The molecule has 0 saturated heterocycles. The van der Waals surface area contributed by atoms with Crippen LogP contribution in [0.4, 0.5) is 0 Å². The molecule has 1 amide bonds. The summed E-state index contributed by atoms with van der Waals surface area (Å²) < 4.78 is 9.87. The Morgan fingerprint density at radius 1 is 1.33 bits per heavy atom. The zero-order chi connectivity index (χ0) is 12.1. The summed E-state index contributed by atoms with van der Waals surface area (Å²) in [5.74, 6) is -0.193. The molecule has 0 bridgehead atoms. The van der Waals surface area contributed by atoms with Gasteiger partial charge in [-0.2, -0.15) is 0 Å². The van der Waals surface area contributed by atoms with E-state index in [1.165, 1.54) is 14.2 Å². The molecule has 0 heterocycles. The first-order chi connectivity index (χ1) is 6.82. The van der Waals surface area contributed by atoms with Crippen LogP contribution in [0.5, 0.6) is 0 Å². The first-order valence-electron chi connectivity index (χ1n) is 4.91. The highest BCUT2D eigenvalue weighted by atomic mass is 16.7. The molecule has 0 aromatic heterocycles. The first kappa shape index (κ1) is 14.3. The van der Waals surface area contributed by atoms with E-state index in [2.05, 4.69) is 5.32 Å². The molecule has 0 unspecified atom stereocenters. The van der Waals surface area contributed by atoms with E-state index in [1.807, 2.05) is 20.8 Å². The van der Waals surface area contributed by atoms with Crippen LogP contribution >= 0.6 is 0 Å². The van der Waals surface area contributed by atoms with Crippen molar-refractivity contribution in [2.24, 2.45) is 11.1 Å². The van der Waals surface area contributed by atoms with Gasteiger partial charge in [-0.1, -0.05) is 20.8 Å². The molecule has 1 atom stereocenters. The van der Waals surface area contributed by atoms with E-state index in [9.17, 15) is 4.79 Å². The number of amides is 1. The molecule has 0 rings (SSSR count). The lowest BCUT2D eigenvalue weighted by molar-refractivity contribution is -0.130. The molecule has 3 N–H and O–H groups in total. The van der Waals surface area contributed by atoms with E-state index < -0.39 is 12.3 Å². The van der Waals surface area contributed by atoms with Gasteiger partial charge in [-0.25, -0.2) is 0 Å². The summed E-state index contributed by atoms with van der Waals surface area (Å²) in [4.78, 5) is 11.6. The summed E-state index contributed by atoms with van der Waals surface area (Å²) in [7, 11) is 3.04. The summed E-state index contributed by atoms with van der Waals surface area (Å²) in [6.45, 7) is 6.06. The Morgan fingerprint density at radius 3 is 2.13 bits per heavy atom. The third-order valence-corrected chi connectivity index (χ3v) is 2.18. The first-order valence-corrected chi connectivity index (χ1v) is 4.91. The van der Waals surface area contributed by atoms with E-state index >= 15 is 0 Å².